The summed E-state index contributed by atoms with van der Waals surface area (Å²) in [5.41, 5.74) is 0.959. The molecule has 0 unspecified atom stereocenters. The molecular formula is C19H18FNO4. The molecule has 0 saturated carbocycles. The molecule has 25 heavy (non-hydrogen) atoms. The molecule has 2 aromatic carbocycles. The maximum atomic E-state index is 13.7. The molecule has 1 amide bonds. The zero-order chi connectivity index (χ0) is 17.8. The first-order valence-electron chi connectivity index (χ1n) is 7.75. The van der Waals surface area contributed by atoms with Crippen LogP contribution in [-0.2, 0) is 4.74 Å². The molecule has 0 aliphatic carbocycles. The average Bonchev–Trinajstić information content (AvgIpc) is 3.05. The van der Waals surface area contributed by atoms with Crippen molar-refractivity contribution in [2.45, 2.75) is 6.10 Å². The number of para-hydroxylation sites is 1. The van der Waals surface area contributed by atoms with Gasteiger partial charge in [0.1, 0.15) is 17.4 Å². The van der Waals surface area contributed by atoms with Crippen LogP contribution in [0.15, 0.2) is 52.9 Å². The fourth-order valence-corrected chi connectivity index (χ4v) is 2.56. The highest BCUT2D eigenvalue weighted by Crippen LogP contribution is 2.25. The number of ether oxygens (including phenoxy) is 2. The molecule has 0 saturated heterocycles. The van der Waals surface area contributed by atoms with Crippen LogP contribution in [-0.4, -0.2) is 26.7 Å². The van der Waals surface area contributed by atoms with E-state index in [9.17, 15) is 9.18 Å². The van der Waals surface area contributed by atoms with Crippen LogP contribution in [0.1, 0.15) is 22.2 Å². The number of hydrogen-bond acceptors (Lipinski definition) is 4. The number of amides is 1. The number of rotatable bonds is 6. The Kier molecular flexibility index (Phi) is 5.00. The Hall–Kier alpha value is -2.86. The van der Waals surface area contributed by atoms with Gasteiger partial charge in [-0.1, -0.05) is 18.2 Å². The number of nitrogens with one attached hydrogen (secondary N) is 1. The molecule has 5 nitrogen and oxygen atoms in total. The van der Waals surface area contributed by atoms with Gasteiger partial charge >= 0.3 is 0 Å². The van der Waals surface area contributed by atoms with E-state index in [1.165, 1.54) is 26.4 Å². The van der Waals surface area contributed by atoms with Gasteiger partial charge in [-0.05, 0) is 30.3 Å². The lowest BCUT2D eigenvalue weighted by Gasteiger charge is -2.14. The number of furan rings is 1. The summed E-state index contributed by atoms with van der Waals surface area (Å²) in [6.07, 6.45) is -0.445. The van der Waals surface area contributed by atoms with Crippen molar-refractivity contribution in [3.63, 3.8) is 0 Å². The monoisotopic (exact) mass is 343 g/mol. The van der Waals surface area contributed by atoms with E-state index in [1.807, 2.05) is 30.3 Å². The summed E-state index contributed by atoms with van der Waals surface area (Å²) in [6.45, 7) is 0.197. The van der Waals surface area contributed by atoms with Crippen molar-refractivity contribution < 1.29 is 23.1 Å². The highest BCUT2D eigenvalue weighted by Gasteiger charge is 2.18. The molecule has 1 aromatic heterocycles. The van der Waals surface area contributed by atoms with Crippen molar-refractivity contribution in [1.29, 1.82) is 0 Å². The first-order chi connectivity index (χ1) is 12.1. The van der Waals surface area contributed by atoms with E-state index >= 15 is 0 Å². The van der Waals surface area contributed by atoms with Gasteiger partial charge in [-0.3, -0.25) is 4.79 Å². The predicted molar refractivity (Wildman–Crippen MR) is 91.2 cm³/mol. The Labute approximate surface area is 144 Å². The van der Waals surface area contributed by atoms with E-state index in [0.717, 1.165) is 17.0 Å². The maximum Gasteiger partial charge on any atom is 0.251 e. The van der Waals surface area contributed by atoms with E-state index in [0.29, 0.717) is 5.76 Å². The second-order valence-electron chi connectivity index (χ2n) is 5.47. The van der Waals surface area contributed by atoms with Gasteiger partial charge in [0.15, 0.2) is 11.6 Å². The summed E-state index contributed by atoms with van der Waals surface area (Å²) in [7, 11) is 2.91. The summed E-state index contributed by atoms with van der Waals surface area (Å²) in [5.74, 6) is -0.283. The van der Waals surface area contributed by atoms with Crippen molar-refractivity contribution in [3.8, 4) is 5.75 Å². The van der Waals surface area contributed by atoms with Crippen LogP contribution in [0, 0.1) is 5.82 Å². The van der Waals surface area contributed by atoms with Crippen molar-refractivity contribution in [2.75, 3.05) is 20.8 Å². The third-order valence-electron chi connectivity index (χ3n) is 3.91. The number of hydrogen-bond donors (Lipinski definition) is 1. The van der Waals surface area contributed by atoms with Gasteiger partial charge in [-0.15, -0.1) is 0 Å². The normalized spacial score (nSPS) is 12.1. The summed E-state index contributed by atoms with van der Waals surface area (Å²) in [4.78, 5) is 12.2. The van der Waals surface area contributed by atoms with Crippen molar-refractivity contribution >= 4 is 16.9 Å². The molecule has 0 radical (unpaired) electrons. The van der Waals surface area contributed by atoms with E-state index in [2.05, 4.69) is 5.32 Å². The minimum absolute atomic E-state index is 0.0913. The van der Waals surface area contributed by atoms with Gasteiger partial charge in [-0.25, -0.2) is 4.39 Å². The minimum atomic E-state index is -0.587. The molecule has 0 spiro atoms. The molecule has 1 N–H and O–H groups in total. The number of carbonyl (C=O) groups is 1. The largest absolute Gasteiger partial charge is 0.494 e. The first-order valence-corrected chi connectivity index (χ1v) is 7.75. The summed E-state index contributed by atoms with van der Waals surface area (Å²) < 4.78 is 29.7. The fraction of sp³-hybridized carbons (Fsp3) is 0.211. The van der Waals surface area contributed by atoms with Crippen molar-refractivity contribution in [3.05, 3.63) is 65.7 Å². The molecule has 0 fully saturated rings. The Morgan fingerprint density at radius 1 is 1.20 bits per heavy atom. The molecule has 0 bridgehead atoms. The zero-order valence-corrected chi connectivity index (χ0v) is 13.9. The van der Waals surface area contributed by atoms with Crippen LogP contribution in [0.5, 0.6) is 5.75 Å². The fourth-order valence-electron chi connectivity index (χ4n) is 2.56. The average molecular weight is 343 g/mol. The van der Waals surface area contributed by atoms with Gasteiger partial charge in [0.25, 0.3) is 5.91 Å². The minimum Gasteiger partial charge on any atom is -0.494 e. The standard InChI is InChI=1S/C19H18FNO4/c1-23-16-8-7-13(9-14(16)20)19(22)21-11-18(24-2)17-10-12-5-3-4-6-15(12)25-17/h3-10,18H,11H2,1-2H3,(H,21,22)/t18-/m1/s1. The van der Waals surface area contributed by atoms with Gasteiger partial charge in [0.2, 0.25) is 0 Å². The van der Waals surface area contributed by atoms with E-state index < -0.39 is 17.8 Å². The smallest absolute Gasteiger partial charge is 0.251 e. The molecule has 1 heterocycles. The van der Waals surface area contributed by atoms with Crippen LogP contribution in [0.4, 0.5) is 4.39 Å². The number of carbonyl (C=O) groups excluding carboxylic acids is 1. The summed E-state index contributed by atoms with van der Waals surface area (Å²) in [6, 6.07) is 13.5. The molecule has 130 valence electrons. The van der Waals surface area contributed by atoms with Crippen LogP contribution >= 0.6 is 0 Å². The lowest BCUT2D eigenvalue weighted by Crippen LogP contribution is -2.29. The number of halogens is 1. The zero-order valence-electron chi connectivity index (χ0n) is 13.9. The van der Waals surface area contributed by atoms with E-state index in [-0.39, 0.29) is 17.9 Å². The number of fused-ring (bicyclic) bond motifs is 1. The molecule has 0 aliphatic heterocycles. The quantitative estimate of drug-likeness (QED) is 0.741. The van der Waals surface area contributed by atoms with Gasteiger partial charge in [-0.2, -0.15) is 0 Å². The topological polar surface area (TPSA) is 60.7 Å². The van der Waals surface area contributed by atoms with Crippen molar-refractivity contribution in [1.82, 2.24) is 5.32 Å². The van der Waals surface area contributed by atoms with E-state index in [4.69, 9.17) is 13.9 Å². The van der Waals surface area contributed by atoms with Crippen LogP contribution in [0.2, 0.25) is 0 Å². The molecule has 6 heteroatoms. The van der Waals surface area contributed by atoms with Crippen LogP contribution in [0.25, 0.3) is 11.0 Å². The lowest BCUT2D eigenvalue weighted by atomic mass is 10.2. The first kappa shape index (κ1) is 17.0. The third-order valence-corrected chi connectivity index (χ3v) is 3.91. The highest BCUT2D eigenvalue weighted by molar-refractivity contribution is 5.94. The lowest BCUT2D eigenvalue weighted by molar-refractivity contribution is 0.0747. The number of benzene rings is 2. The van der Waals surface area contributed by atoms with Gasteiger partial charge in [0, 0.05) is 18.1 Å². The Morgan fingerprint density at radius 2 is 2.00 bits per heavy atom. The second kappa shape index (κ2) is 7.36. The van der Waals surface area contributed by atoms with Crippen LogP contribution in [0.3, 0.4) is 0 Å². The molecular weight excluding hydrogens is 325 g/mol. The summed E-state index contributed by atoms with van der Waals surface area (Å²) >= 11 is 0. The molecule has 1 atom stereocenters. The van der Waals surface area contributed by atoms with Gasteiger partial charge in [0.05, 0.1) is 13.7 Å². The van der Waals surface area contributed by atoms with E-state index in [1.54, 1.807) is 0 Å². The Morgan fingerprint density at radius 3 is 2.68 bits per heavy atom. The number of methoxy groups -OCH3 is 2. The Bertz CT molecular complexity index is 857. The summed E-state index contributed by atoms with van der Waals surface area (Å²) in [5, 5.41) is 3.69. The second-order valence-corrected chi connectivity index (χ2v) is 5.47. The van der Waals surface area contributed by atoms with Crippen LogP contribution < -0.4 is 10.1 Å². The van der Waals surface area contributed by atoms with Crippen molar-refractivity contribution in [2.24, 2.45) is 0 Å². The Balaban J connectivity index is 1.70. The predicted octanol–water partition coefficient (Wildman–Crippen LogP) is 3.70. The maximum absolute atomic E-state index is 13.7. The SMILES string of the molecule is COc1ccc(C(=O)NC[C@@H](OC)c2cc3ccccc3o2)cc1F. The molecule has 0 aliphatic rings. The molecule has 3 rings (SSSR count). The highest BCUT2D eigenvalue weighted by atomic mass is 19.1. The molecule has 3 aromatic rings. The van der Waals surface area contributed by atoms with Gasteiger partial charge < -0.3 is 19.2 Å². The third kappa shape index (κ3) is 3.64.